The third kappa shape index (κ3) is 4.00. The van der Waals surface area contributed by atoms with Crippen molar-refractivity contribution in [3.05, 3.63) is 60.5 Å². The molecule has 3 N–H and O–H groups in total. The fraction of sp³-hybridized carbons (Fsp3) is 0.158. The Bertz CT molecular complexity index is 954. The van der Waals surface area contributed by atoms with Crippen LogP contribution < -0.4 is 20.1 Å². The third-order valence-electron chi connectivity index (χ3n) is 3.91. The van der Waals surface area contributed by atoms with Gasteiger partial charge in [-0.25, -0.2) is 9.37 Å². The van der Waals surface area contributed by atoms with E-state index < -0.39 is 5.82 Å². The summed E-state index contributed by atoms with van der Waals surface area (Å²) in [5.41, 5.74) is 0.513. The Balaban J connectivity index is 1.41. The van der Waals surface area contributed by atoms with Crippen molar-refractivity contribution in [2.45, 2.75) is 6.10 Å². The van der Waals surface area contributed by atoms with E-state index in [1.54, 1.807) is 12.1 Å². The molecule has 3 aromatic rings. The number of aromatic hydroxyl groups is 1. The maximum atomic E-state index is 14.0. The first-order valence-corrected chi connectivity index (χ1v) is 8.38. The van der Waals surface area contributed by atoms with Gasteiger partial charge in [-0.3, -0.25) is 0 Å². The van der Waals surface area contributed by atoms with Crippen LogP contribution in [0.5, 0.6) is 17.2 Å². The van der Waals surface area contributed by atoms with E-state index in [1.165, 1.54) is 12.1 Å². The zero-order valence-corrected chi connectivity index (χ0v) is 14.2. The fourth-order valence-electron chi connectivity index (χ4n) is 2.63. The molecule has 0 saturated heterocycles. The Kier molecular flexibility index (Phi) is 4.61. The molecule has 8 heteroatoms. The second-order valence-corrected chi connectivity index (χ2v) is 5.94. The molecule has 0 fully saturated rings. The molecule has 0 bridgehead atoms. The average Bonchev–Trinajstić information content (AvgIpc) is 2.68. The van der Waals surface area contributed by atoms with Gasteiger partial charge in [-0.2, -0.15) is 4.98 Å². The van der Waals surface area contributed by atoms with Gasteiger partial charge in [0.15, 0.2) is 23.1 Å². The van der Waals surface area contributed by atoms with Crippen LogP contribution in [0.15, 0.2) is 54.7 Å². The standard InChI is InChI=1S/C19H17FN4O3/c20-15-10-22-19(24-18(15)23-12-4-3-5-13(25)8-12)21-9-14-11-26-16-6-1-2-7-17(16)27-14/h1-8,10,14,25H,9,11H2,(H2,21,22,23,24). The van der Waals surface area contributed by atoms with Gasteiger partial charge in [-0.05, 0) is 24.3 Å². The summed E-state index contributed by atoms with van der Waals surface area (Å²) in [4.78, 5) is 8.08. The van der Waals surface area contributed by atoms with E-state index in [-0.39, 0.29) is 23.6 Å². The number of phenols is 1. The molecule has 2 heterocycles. The molecule has 1 unspecified atom stereocenters. The van der Waals surface area contributed by atoms with Crippen molar-refractivity contribution < 1.29 is 19.0 Å². The van der Waals surface area contributed by atoms with Gasteiger partial charge in [0.25, 0.3) is 0 Å². The molecule has 0 spiro atoms. The molecule has 0 amide bonds. The normalized spacial score (nSPS) is 15.2. The number of benzene rings is 2. The van der Waals surface area contributed by atoms with Crippen LogP contribution in [0.3, 0.4) is 0 Å². The fourth-order valence-corrected chi connectivity index (χ4v) is 2.63. The minimum Gasteiger partial charge on any atom is -0.508 e. The smallest absolute Gasteiger partial charge is 0.224 e. The van der Waals surface area contributed by atoms with Crippen LogP contribution in [0, 0.1) is 5.82 Å². The first kappa shape index (κ1) is 16.9. The van der Waals surface area contributed by atoms with E-state index in [9.17, 15) is 9.50 Å². The third-order valence-corrected chi connectivity index (χ3v) is 3.91. The summed E-state index contributed by atoms with van der Waals surface area (Å²) < 4.78 is 25.5. The molecule has 1 aliphatic heterocycles. The number of hydrogen-bond donors (Lipinski definition) is 3. The highest BCUT2D eigenvalue weighted by atomic mass is 19.1. The zero-order chi connectivity index (χ0) is 18.6. The van der Waals surface area contributed by atoms with Gasteiger partial charge in [-0.15, -0.1) is 0 Å². The Morgan fingerprint density at radius 1 is 1.15 bits per heavy atom. The van der Waals surface area contributed by atoms with Crippen molar-refractivity contribution >= 4 is 17.5 Å². The number of nitrogens with one attached hydrogen (secondary N) is 2. The number of fused-ring (bicyclic) bond motifs is 1. The highest BCUT2D eigenvalue weighted by Crippen LogP contribution is 2.30. The van der Waals surface area contributed by atoms with E-state index in [1.807, 2.05) is 24.3 Å². The lowest BCUT2D eigenvalue weighted by atomic mass is 10.2. The monoisotopic (exact) mass is 368 g/mol. The topological polar surface area (TPSA) is 88.5 Å². The maximum absolute atomic E-state index is 14.0. The van der Waals surface area contributed by atoms with Crippen molar-refractivity contribution in [3.8, 4) is 17.2 Å². The predicted molar refractivity (Wildman–Crippen MR) is 98.2 cm³/mol. The summed E-state index contributed by atoms with van der Waals surface area (Å²) in [5.74, 6) is 1.12. The Morgan fingerprint density at radius 3 is 2.85 bits per heavy atom. The van der Waals surface area contributed by atoms with Gasteiger partial charge in [0, 0.05) is 11.8 Å². The molecule has 0 saturated carbocycles. The van der Waals surface area contributed by atoms with Crippen LogP contribution in [-0.4, -0.2) is 34.3 Å². The Morgan fingerprint density at radius 2 is 2.00 bits per heavy atom. The number of anilines is 3. The van der Waals surface area contributed by atoms with Gasteiger partial charge < -0.3 is 25.2 Å². The first-order valence-electron chi connectivity index (χ1n) is 8.38. The number of halogens is 1. The number of ether oxygens (including phenoxy) is 2. The van der Waals surface area contributed by atoms with E-state index >= 15 is 0 Å². The molecule has 27 heavy (non-hydrogen) atoms. The molecule has 4 rings (SSSR count). The Hall–Kier alpha value is -3.55. The number of nitrogens with zero attached hydrogens (tertiary/aromatic N) is 2. The molecular formula is C19H17FN4O3. The number of phenolic OH excluding ortho intramolecular Hbond substituents is 1. The molecule has 0 aliphatic carbocycles. The molecule has 1 aromatic heterocycles. The summed E-state index contributed by atoms with van der Waals surface area (Å²) >= 11 is 0. The molecule has 138 valence electrons. The second-order valence-electron chi connectivity index (χ2n) is 5.94. The number of hydrogen-bond acceptors (Lipinski definition) is 7. The summed E-state index contributed by atoms with van der Waals surface area (Å²) in [6.45, 7) is 0.783. The van der Waals surface area contributed by atoms with E-state index in [0.717, 1.165) is 6.20 Å². The highest BCUT2D eigenvalue weighted by Gasteiger charge is 2.20. The van der Waals surface area contributed by atoms with Crippen molar-refractivity contribution in [1.29, 1.82) is 0 Å². The van der Waals surface area contributed by atoms with Gasteiger partial charge in [0.05, 0.1) is 12.7 Å². The number of para-hydroxylation sites is 2. The molecule has 0 radical (unpaired) electrons. The molecule has 2 aromatic carbocycles. The van der Waals surface area contributed by atoms with Gasteiger partial charge >= 0.3 is 0 Å². The second kappa shape index (κ2) is 7.36. The van der Waals surface area contributed by atoms with E-state index in [2.05, 4.69) is 20.6 Å². The minimum absolute atomic E-state index is 0.00394. The quantitative estimate of drug-likeness (QED) is 0.637. The van der Waals surface area contributed by atoms with Crippen LogP contribution >= 0.6 is 0 Å². The van der Waals surface area contributed by atoms with Crippen molar-refractivity contribution in [3.63, 3.8) is 0 Å². The maximum Gasteiger partial charge on any atom is 0.224 e. The van der Waals surface area contributed by atoms with Crippen molar-refractivity contribution in [2.75, 3.05) is 23.8 Å². The van der Waals surface area contributed by atoms with Crippen LogP contribution in [0.2, 0.25) is 0 Å². The summed E-state index contributed by atoms with van der Waals surface area (Å²) in [6, 6.07) is 13.8. The first-order chi connectivity index (χ1) is 13.2. The molecule has 1 atom stereocenters. The summed E-state index contributed by atoms with van der Waals surface area (Å²) in [7, 11) is 0. The van der Waals surface area contributed by atoms with Gasteiger partial charge in [0.1, 0.15) is 18.5 Å². The largest absolute Gasteiger partial charge is 0.508 e. The SMILES string of the molecule is Oc1cccc(Nc2nc(NCC3COc4ccccc4O3)ncc2F)c1. The van der Waals surface area contributed by atoms with Crippen LogP contribution in [0.4, 0.5) is 21.8 Å². The average molecular weight is 368 g/mol. The van der Waals surface area contributed by atoms with Crippen LogP contribution in [0.1, 0.15) is 0 Å². The lowest BCUT2D eigenvalue weighted by molar-refractivity contribution is 0.0996. The van der Waals surface area contributed by atoms with Gasteiger partial charge in [0.2, 0.25) is 5.95 Å². The molecule has 7 nitrogen and oxygen atoms in total. The number of aromatic nitrogens is 2. The van der Waals surface area contributed by atoms with Gasteiger partial charge in [-0.1, -0.05) is 18.2 Å². The van der Waals surface area contributed by atoms with E-state index in [4.69, 9.17) is 9.47 Å². The molecular weight excluding hydrogens is 351 g/mol. The zero-order valence-electron chi connectivity index (χ0n) is 14.2. The molecule has 1 aliphatic rings. The highest BCUT2D eigenvalue weighted by molar-refractivity contribution is 5.59. The lowest BCUT2D eigenvalue weighted by Gasteiger charge is -2.26. The Labute approximate surface area is 154 Å². The summed E-state index contributed by atoms with van der Waals surface area (Å²) in [5, 5.41) is 15.4. The predicted octanol–water partition coefficient (Wildman–Crippen LogP) is 3.32. The minimum atomic E-state index is -0.602. The van der Waals surface area contributed by atoms with Crippen molar-refractivity contribution in [1.82, 2.24) is 9.97 Å². The van der Waals surface area contributed by atoms with E-state index in [0.29, 0.717) is 30.3 Å². The van der Waals surface area contributed by atoms with Crippen LogP contribution in [0.25, 0.3) is 0 Å². The van der Waals surface area contributed by atoms with Crippen molar-refractivity contribution in [2.24, 2.45) is 0 Å². The number of rotatable bonds is 5. The lowest BCUT2D eigenvalue weighted by Crippen LogP contribution is -2.35. The van der Waals surface area contributed by atoms with Crippen LogP contribution in [-0.2, 0) is 0 Å². The summed E-state index contributed by atoms with van der Waals surface area (Å²) in [6.07, 6.45) is 0.851.